The van der Waals surface area contributed by atoms with Crippen LogP contribution in [0, 0.1) is 0 Å². The van der Waals surface area contributed by atoms with Crippen LogP contribution in [0.3, 0.4) is 0 Å². The van der Waals surface area contributed by atoms with E-state index in [0.29, 0.717) is 13.0 Å². The van der Waals surface area contributed by atoms with Gasteiger partial charge in [-0.15, -0.1) is 0 Å². The summed E-state index contributed by atoms with van der Waals surface area (Å²) in [5, 5.41) is 3.21. The van der Waals surface area contributed by atoms with Crippen LogP contribution in [-0.4, -0.2) is 32.3 Å². The van der Waals surface area contributed by atoms with E-state index >= 15 is 0 Å². The highest BCUT2D eigenvalue weighted by atomic mass is 19.3. The molecule has 5 heteroatoms. The average Bonchev–Trinajstić information content (AvgIpc) is 2.71. The molecule has 0 aliphatic carbocycles. The summed E-state index contributed by atoms with van der Waals surface area (Å²) in [6.07, 6.45) is -0.863. The Hall–Kier alpha value is -1.20. The van der Waals surface area contributed by atoms with Crippen molar-refractivity contribution in [1.82, 2.24) is 5.32 Å². The van der Waals surface area contributed by atoms with Crippen molar-refractivity contribution in [2.24, 2.45) is 0 Å². The van der Waals surface area contributed by atoms with Gasteiger partial charge in [-0.1, -0.05) is 12.1 Å². The molecule has 1 aromatic carbocycles. The SMILES string of the molecule is CNC(CCOCC(F)F)c1ccc2c(c1)CC(C)(C)O2. The second-order valence-electron chi connectivity index (χ2n) is 6.00. The van der Waals surface area contributed by atoms with Crippen molar-refractivity contribution in [2.75, 3.05) is 20.3 Å². The molecule has 0 fully saturated rings. The average molecular weight is 299 g/mol. The highest BCUT2D eigenvalue weighted by Gasteiger charge is 2.30. The zero-order chi connectivity index (χ0) is 15.5. The first kappa shape index (κ1) is 16.2. The van der Waals surface area contributed by atoms with E-state index in [1.54, 1.807) is 0 Å². The van der Waals surface area contributed by atoms with Gasteiger partial charge in [-0.25, -0.2) is 8.78 Å². The van der Waals surface area contributed by atoms with Crippen molar-refractivity contribution in [2.45, 2.75) is 44.8 Å². The smallest absolute Gasteiger partial charge is 0.261 e. The van der Waals surface area contributed by atoms with E-state index < -0.39 is 13.0 Å². The molecule has 118 valence electrons. The molecule has 3 nitrogen and oxygen atoms in total. The summed E-state index contributed by atoms with van der Waals surface area (Å²) in [6.45, 7) is 3.96. The Labute approximate surface area is 124 Å². The number of fused-ring (bicyclic) bond motifs is 1. The maximum Gasteiger partial charge on any atom is 0.261 e. The minimum atomic E-state index is -2.41. The lowest BCUT2D eigenvalue weighted by Gasteiger charge is -2.17. The molecule has 0 aromatic heterocycles. The van der Waals surface area contributed by atoms with E-state index in [1.165, 1.54) is 5.56 Å². The Morgan fingerprint density at radius 1 is 1.38 bits per heavy atom. The van der Waals surface area contributed by atoms with Gasteiger partial charge in [0.15, 0.2) is 0 Å². The van der Waals surface area contributed by atoms with Gasteiger partial charge in [0.2, 0.25) is 0 Å². The zero-order valence-electron chi connectivity index (χ0n) is 12.8. The van der Waals surface area contributed by atoms with Gasteiger partial charge < -0.3 is 14.8 Å². The molecule has 0 spiro atoms. The molecule has 1 aliphatic rings. The second-order valence-corrected chi connectivity index (χ2v) is 6.00. The van der Waals surface area contributed by atoms with Gasteiger partial charge in [0.1, 0.15) is 18.0 Å². The van der Waals surface area contributed by atoms with E-state index in [1.807, 2.05) is 19.2 Å². The standard InChI is InChI=1S/C16H23F2NO2/c1-16(2)9-12-8-11(4-5-14(12)21-16)13(19-3)6-7-20-10-15(17)18/h4-5,8,13,15,19H,6-7,9-10H2,1-3H3. The lowest BCUT2D eigenvalue weighted by Crippen LogP contribution is -2.24. The van der Waals surface area contributed by atoms with Crippen LogP contribution in [0.4, 0.5) is 8.78 Å². The number of rotatable bonds is 7. The molecule has 21 heavy (non-hydrogen) atoms. The van der Waals surface area contributed by atoms with E-state index in [9.17, 15) is 8.78 Å². The molecule has 0 saturated heterocycles. The van der Waals surface area contributed by atoms with Gasteiger partial charge in [-0.3, -0.25) is 0 Å². The van der Waals surface area contributed by atoms with Crippen molar-refractivity contribution in [3.8, 4) is 5.75 Å². The summed E-state index contributed by atoms with van der Waals surface area (Å²) in [7, 11) is 1.87. The lowest BCUT2D eigenvalue weighted by atomic mass is 9.97. The molecular weight excluding hydrogens is 276 g/mol. The fourth-order valence-corrected chi connectivity index (χ4v) is 2.70. The highest BCUT2D eigenvalue weighted by Crippen LogP contribution is 2.36. The number of halogens is 2. The third-order valence-corrected chi connectivity index (χ3v) is 3.63. The number of hydrogen-bond acceptors (Lipinski definition) is 3. The fraction of sp³-hybridized carbons (Fsp3) is 0.625. The Morgan fingerprint density at radius 3 is 2.81 bits per heavy atom. The Morgan fingerprint density at radius 2 is 2.14 bits per heavy atom. The van der Waals surface area contributed by atoms with E-state index in [0.717, 1.165) is 17.7 Å². The normalized spacial score (nSPS) is 17.6. The summed E-state index contributed by atoms with van der Waals surface area (Å²) >= 11 is 0. The van der Waals surface area contributed by atoms with E-state index in [4.69, 9.17) is 9.47 Å². The molecule has 1 aliphatic heterocycles. The molecule has 2 rings (SSSR count). The van der Waals surface area contributed by atoms with Crippen LogP contribution >= 0.6 is 0 Å². The summed E-state index contributed by atoms with van der Waals surface area (Å²) in [5.74, 6) is 0.938. The molecule has 0 radical (unpaired) electrons. The predicted molar refractivity (Wildman–Crippen MR) is 78.1 cm³/mol. The van der Waals surface area contributed by atoms with Crippen LogP contribution in [0.15, 0.2) is 18.2 Å². The lowest BCUT2D eigenvalue weighted by molar-refractivity contribution is 0.0145. The van der Waals surface area contributed by atoms with Crippen LogP contribution in [-0.2, 0) is 11.2 Å². The van der Waals surface area contributed by atoms with Crippen molar-refractivity contribution < 1.29 is 18.3 Å². The highest BCUT2D eigenvalue weighted by molar-refractivity contribution is 5.42. The molecule has 1 heterocycles. The quantitative estimate of drug-likeness (QED) is 0.783. The number of alkyl halides is 2. The monoisotopic (exact) mass is 299 g/mol. The summed E-state index contributed by atoms with van der Waals surface area (Å²) < 4.78 is 34.9. The minimum Gasteiger partial charge on any atom is -0.487 e. The third kappa shape index (κ3) is 4.38. The first-order valence-corrected chi connectivity index (χ1v) is 7.26. The largest absolute Gasteiger partial charge is 0.487 e. The van der Waals surface area contributed by atoms with Crippen LogP contribution < -0.4 is 10.1 Å². The predicted octanol–water partition coefficient (Wildman–Crippen LogP) is 3.33. The molecule has 0 saturated carbocycles. The van der Waals surface area contributed by atoms with Crippen molar-refractivity contribution in [3.05, 3.63) is 29.3 Å². The number of hydrogen-bond donors (Lipinski definition) is 1. The Kier molecular flexibility index (Phi) is 5.17. The summed E-state index contributed by atoms with van der Waals surface area (Å²) in [4.78, 5) is 0. The molecule has 0 amide bonds. The number of ether oxygens (including phenoxy) is 2. The van der Waals surface area contributed by atoms with Gasteiger partial charge in [0.25, 0.3) is 6.43 Å². The minimum absolute atomic E-state index is 0.0942. The van der Waals surface area contributed by atoms with E-state index in [-0.39, 0.29) is 11.6 Å². The van der Waals surface area contributed by atoms with Gasteiger partial charge in [0, 0.05) is 19.1 Å². The Bertz CT molecular complexity index is 477. The molecule has 1 atom stereocenters. The van der Waals surface area contributed by atoms with Crippen LogP contribution in [0.1, 0.15) is 37.4 Å². The molecular formula is C16H23F2NO2. The van der Waals surface area contributed by atoms with Crippen molar-refractivity contribution >= 4 is 0 Å². The van der Waals surface area contributed by atoms with E-state index in [2.05, 4.69) is 25.2 Å². The fourth-order valence-electron chi connectivity index (χ4n) is 2.70. The zero-order valence-corrected chi connectivity index (χ0v) is 12.8. The van der Waals surface area contributed by atoms with Crippen LogP contribution in [0.5, 0.6) is 5.75 Å². The number of nitrogens with one attached hydrogen (secondary N) is 1. The summed E-state index contributed by atoms with van der Waals surface area (Å²) in [5.41, 5.74) is 2.18. The third-order valence-electron chi connectivity index (χ3n) is 3.63. The Balaban J connectivity index is 1.97. The van der Waals surface area contributed by atoms with Crippen molar-refractivity contribution in [1.29, 1.82) is 0 Å². The van der Waals surface area contributed by atoms with Crippen LogP contribution in [0.25, 0.3) is 0 Å². The summed E-state index contributed by atoms with van der Waals surface area (Å²) in [6, 6.07) is 6.24. The van der Waals surface area contributed by atoms with Gasteiger partial charge in [-0.05, 0) is 44.5 Å². The molecule has 1 aromatic rings. The van der Waals surface area contributed by atoms with Gasteiger partial charge in [-0.2, -0.15) is 0 Å². The van der Waals surface area contributed by atoms with Gasteiger partial charge >= 0.3 is 0 Å². The van der Waals surface area contributed by atoms with Gasteiger partial charge in [0.05, 0.1) is 0 Å². The first-order valence-electron chi connectivity index (χ1n) is 7.26. The molecule has 1 unspecified atom stereocenters. The topological polar surface area (TPSA) is 30.5 Å². The molecule has 0 bridgehead atoms. The van der Waals surface area contributed by atoms with Crippen LogP contribution in [0.2, 0.25) is 0 Å². The maximum atomic E-state index is 12.0. The molecule has 1 N–H and O–H groups in total. The number of benzene rings is 1. The second kappa shape index (κ2) is 6.71. The first-order chi connectivity index (χ1) is 9.91. The van der Waals surface area contributed by atoms with Crippen molar-refractivity contribution in [3.63, 3.8) is 0 Å². The maximum absolute atomic E-state index is 12.0.